The van der Waals surface area contributed by atoms with Gasteiger partial charge in [-0.25, -0.2) is 0 Å². The van der Waals surface area contributed by atoms with Crippen molar-refractivity contribution in [3.8, 4) is 17.5 Å². The van der Waals surface area contributed by atoms with E-state index in [1.807, 2.05) is 16.9 Å². The topological polar surface area (TPSA) is 13.1 Å². The number of hydrogen-bond acceptors (Lipinski definition) is 2. The molecule has 1 aromatic heterocycles. The molecular formula is C8H10BrNOS. The number of rotatable bonds is 2. The van der Waals surface area contributed by atoms with Crippen molar-refractivity contribution in [3.05, 3.63) is 11.1 Å². The molecule has 0 aliphatic heterocycles. The second kappa shape index (κ2) is 5.18. The van der Waals surface area contributed by atoms with Crippen molar-refractivity contribution in [1.29, 1.82) is 0 Å². The summed E-state index contributed by atoms with van der Waals surface area (Å²) in [6, 6.07) is 0. The van der Waals surface area contributed by atoms with Crippen molar-refractivity contribution in [1.82, 2.24) is 0 Å². The number of methoxy groups -OCH3 is 1. The normalized spacial score (nSPS) is 8.42. The van der Waals surface area contributed by atoms with Gasteiger partial charge in [0.15, 0.2) is 5.69 Å². The molecule has 1 rings (SSSR count). The molecular weight excluding hydrogens is 238 g/mol. The lowest BCUT2D eigenvalue weighted by atomic mass is 10.5. The number of thiazole rings is 1. The Labute approximate surface area is 87.0 Å². The Balaban J connectivity index is 0.00000121. The molecule has 12 heavy (non-hydrogen) atoms. The third-order valence-electron chi connectivity index (χ3n) is 1.40. The van der Waals surface area contributed by atoms with Crippen LogP contribution in [0.2, 0.25) is 0 Å². The summed E-state index contributed by atoms with van der Waals surface area (Å²) in [5.74, 6) is 2.58. The fourth-order valence-corrected chi connectivity index (χ4v) is 1.68. The minimum Gasteiger partial charge on any atom is -1.00 e. The lowest BCUT2D eigenvalue weighted by Crippen LogP contribution is -3.00. The van der Waals surface area contributed by atoms with Gasteiger partial charge in [-0.05, 0) is 17.3 Å². The summed E-state index contributed by atoms with van der Waals surface area (Å²) in [6.45, 7) is 2.59. The Kier molecular flexibility index (Phi) is 4.95. The SMILES string of the molecule is C#CC[n+]1c(C)csc1OC.[Br-]. The van der Waals surface area contributed by atoms with E-state index in [0.29, 0.717) is 6.54 Å². The third-order valence-corrected chi connectivity index (χ3v) is 2.45. The molecule has 66 valence electrons. The molecule has 0 radical (unpaired) electrons. The van der Waals surface area contributed by atoms with Gasteiger partial charge < -0.3 is 21.7 Å². The van der Waals surface area contributed by atoms with E-state index < -0.39 is 0 Å². The van der Waals surface area contributed by atoms with Crippen LogP contribution in [0.4, 0.5) is 0 Å². The van der Waals surface area contributed by atoms with E-state index in [9.17, 15) is 0 Å². The average Bonchev–Trinajstić information content (AvgIpc) is 2.34. The molecule has 0 spiro atoms. The molecule has 0 bridgehead atoms. The number of aromatic nitrogens is 1. The van der Waals surface area contributed by atoms with Crippen LogP contribution in [0.15, 0.2) is 5.38 Å². The van der Waals surface area contributed by atoms with E-state index in [1.165, 1.54) is 0 Å². The number of aryl methyl sites for hydroxylation is 1. The number of halogens is 1. The van der Waals surface area contributed by atoms with Crippen LogP contribution in [0.25, 0.3) is 0 Å². The van der Waals surface area contributed by atoms with E-state index in [0.717, 1.165) is 10.9 Å². The predicted octanol–water partition coefficient (Wildman–Crippen LogP) is -2.01. The molecule has 2 nitrogen and oxygen atoms in total. The van der Waals surface area contributed by atoms with Gasteiger partial charge in [0, 0.05) is 6.92 Å². The van der Waals surface area contributed by atoms with Crippen LogP contribution < -0.4 is 26.3 Å². The summed E-state index contributed by atoms with van der Waals surface area (Å²) in [6.07, 6.45) is 5.19. The van der Waals surface area contributed by atoms with E-state index in [1.54, 1.807) is 18.4 Å². The monoisotopic (exact) mass is 247 g/mol. The molecule has 0 N–H and O–H groups in total. The molecule has 1 heterocycles. The molecule has 0 saturated heterocycles. The molecule has 0 fully saturated rings. The predicted molar refractivity (Wildman–Crippen MR) is 44.6 cm³/mol. The number of ether oxygens (including phenoxy) is 1. The first-order valence-corrected chi connectivity index (χ1v) is 4.13. The molecule has 0 amide bonds. The number of hydrogen-bond donors (Lipinski definition) is 0. The van der Waals surface area contributed by atoms with Crippen molar-refractivity contribution in [3.63, 3.8) is 0 Å². The highest BCUT2D eigenvalue weighted by molar-refractivity contribution is 7.11. The fraction of sp³-hybridized carbons (Fsp3) is 0.375. The standard InChI is InChI=1S/C8H10NOS.BrH/c1-4-5-9-7(2)6-11-8(9)10-3;/h1,6H,5H2,2-3H3;1H/q+1;/p-1. The summed E-state index contributed by atoms with van der Waals surface area (Å²) in [7, 11) is 1.65. The van der Waals surface area contributed by atoms with Crippen LogP contribution >= 0.6 is 11.3 Å². The van der Waals surface area contributed by atoms with Crippen LogP contribution in [0.5, 0.6) is 5.19 Å². The molecule has 0 aliphatic rings. The highest BCUT2D eigenvalue weighted by atomic mass is 79.9. The van der Waals surface area contributed by atoms with Gasteiger partial charge in [0.05, 0.1) is 12.5 Å². The van der Waals surface area contributed by atoms with E-state index in [-0.39, 0.29) is 17.0 Å². The zero-order valence-electron chi connectivity index (χ0n) is 7.00. The molecule has 0 atom stereocenters. The molecule has 0 unspecified atom stereocenters. The Morgan fingerprint density at radius 2 is 2.42 bits per heavy atom. The van der Waals surface area contributed by atoms with Crippen molar-refractivity contribution >= 4 is 11.3 Å². The molecule has 4 heteroatoms. The number of terminal acetylenes is 1. The Morgan fingerprint density at radius 1 is 1.75 bits per heavy atom. The highest BCUT2D eigenvalue weighted by Crippen LogP contribution is 2.13. The van der Waals surface area contributed by atoms with E-state index in [4.69, 9.17) is 11.2 Å². The van der Waals surface area contributed by atoms with Crippen LogP contribution in [-0.4, -0.2) is 7.11 Å². The first kappa shape index (κ1) is 11.5. The van der Waals surface area contributed by atoms with Crippen LogP contribution in [0, 0.1) is 19.3 Å². The van der Waals surface area contributed by atoms with Gasteiger partial charge in [-0.2, -0.15) is 0 Å². The van der Waals surface area contributed by atoms with Crippen molar-refractivity contribution < 1.29 is 26.3 Å². The first-order valence-electron chi connectivity index (χ1n) is 3.25. The quantitative estimate of drug-likeness (QED) is 0.435. The molecule has 0 aromatic carbocycles. The zero-order chi connectivity index (χ0) is 8.27. The maximum absolute atomic E-state index is 5.19. The van der Waals surface area contributed by atoms with Crippen LogP contribution in [0.3, 0.4) is 0 Å². The largest absolute Gasteiger partial charge is 1.00 e. The van der Waals surface area contributed by atoms with Crippen LogP contribution in [0.1, 0.15) is 5.69 Å². The van der Waals surface area contributed by atoms with E-state index in [2.05, 4.69) is 5.92 Å². The summed E-state index contributed by atoms with van der Waals surface area (Å²) in [5.41, 5.74) is 1.14. The highest BCUT2D eigenvalue weighted by Gasteiger charge is 2.15. The Bertz CT molecular complexity index is 290. The summed E-state index contributed by atoms with van der Waals surface area (Å²) in [4.78, 5) is 0. The Hall–Kier alpha value is -0.530. The second-order valence-electron chi connectivity index (χ2n) is 2.14. The maximum Gasteiger partial charge on any atom is 0.431 e. The lowest BCUT2D eigenvalue weighted by Gasteiger charge is -1.91. The molecule has 0 saturated carbocycles. The van der Waals surface area contributed by atoms with Gasteiger partial charge >= 0.3 is 5.19 Å². The van der Waals surface area contributed by atoms with Gasteiger partial charge in [-0.3, -0.25) is 0 Å². The van der Waals surface area contributed by atoms with Gasteiger partial charge in [0.2, 0.25) is 6.54 Å². The molecule has 0 aliphatic carbocycles. The van der Waals surface area contributed by atoms with Gasteiger partial charge in [0.1, 0.15) is 0 Å². The van der Waals surface area contributed by atoms with Gasteiger partial charge in [-0.1, -0.05) is 0 Å². The van der Waals surface area contributed by atoms with Crippen molar-refractivity contribution in [2.24, 2.45) is 0 Å². The second-order valence-corrected chi connectivity index (χ2v) is 2.96. The molecule has 1 aromatic rings. The van der Waals surface area contributed by atoms with Gasteiger partial charge in [-0.15, -0.1) is 11.0 Å². The van der Waals surface area contributed by atoms with Crippen molar-refractivity contribution in [2.75, 3.05) is 7.11 Å². The van der Waals surface area contributed by atoms with E-state index >= 15 is 0 Å². The summed E-state index contributed by atoms with van der Waals surface area (Å²) < 4.78 is 7.07. The average molecular weight is 248 g/mol. The maximum atomic E-state index is 5.19. The minimum absolute atomic E-state index is 0. The zero-order valence-corrected chi connectivity index (χ0v) is 9.41. The fourth-order valence-electron chi connectivity index (χ4n) is 0.846. The lowest BCUT2D eigenvalue weighted by molar-refractivity contribution is -0.690. The van der Waals surface area contributed by atoms with Crippen LogP contribution in [-0.2, 0) is 6.54 Å². The smallest absolute Gasteiger partial charge is 0.431 e. The Morgan fingerprint density at radius 3 is 2.92 bits per heavy atom. The summed E-state index contributed by atoms with van der Waals surface area (Å²) >= 11 is 1.56. The summed E-state index contributed by atoms with van der Waals surface area (Å²) in [5, 5.41) is 2.89. The third kappa shape index (κ3) is 2.23. The van der Waals surface area contributed by atoms with Crippen molar-refractivity contribution in [2.45, 2.75) is 13.5 Å². The van der Waals surface area contributed by atoms with Gasteiger partial charge in [0.25, 0.3) is 0 Å². The number of nitrogens with zero attached hydrogens (tertiary/aromatic N) is 1. The first-order chi connectivity index (χ1) is 5.29. The minimum atomic E-state index is 0.